The molecule has 2 N–H and O–H groups in total. The molecule has 0 aliphatic carbocycles. The van der Waals surface area contributed by atoms with Crippen LogP contribution in [0.4, 0.5) is 0 Å². The van der Waals surface area contributed by atoms with Crippen molar-refractivity contribution in [2.75, 3.05) is 5.75 Å². The maximum atomic E-state index is 12.0. The summed E-state index contributed by atoms with van der Waals surface area (Å²) in [5.41, 5.74) is 6.83. The molecule has 1 saturated heterocycles. The lowest BCUT2D eigenvalue weighted by Crippen LogP contribution is -2.45. The Kier molecular flexibility index (Phi) is 4.77. The third-order valence-corrected chi connectivity index (χ3v) is 6.68. The minimum atomic E-state index is -3.08. The molecule has 1 aromatic rings. The fourth-order valence-corrected chi connectivity index (χ4v) is 5.17. The number of benzene rings is 1. The summed E-state index contributed by atoms with van der Waals surface area (Å²) in [6, 6.07) is 4.79. The number of hydrogen-bond acceptors (Lipinski definition) is 3. The lowest BCUT2D eigenvalue weighted by molar-refractivity contribution is 0.495. The van der Waals surface area contributed by atoms with Crippen LogP contribution in [-0.2, 0) is 16.3 Å². The Hall–Kier alpha value is -0.290. The van der Waals surface area contributed by atoms with Crippen molar-refractivity contribution in [1.29, 1.82) is 0 Å². The van der Waals surface area contributed by atoms with Crippen LogP contribution in [0.1, 0.15) is 24.8 Å². The molecule has 0 aromatic heterocycles. The van der Waals surface area contributed by atoms with Gasteiger partial charge in [-0.3, -0.25) is 0 Å². The molecular formula is C13H17Cl2NO2S. The first kappa shape index (κ1) is 15.1. The van der Waals surface area contributed by atoms with E-state index in [1.165, 1.54) is 0 Å². The molecule has 1 heterocycles. The highest BCUT2D eigenvalue weighted by atomic mass is 35.5. The van der Waals surface area contributed by atoms with Crippen molar-refractivity contribution in [2.45, 2.75) is 37.0 Å². The summed E-state index contributed by atoms with van der Waals surface area (Å²) in [4.78, 5) is 0. The molecule has 0 saturated carbocycles. The first-order valence-electron chi connectivity index (χ1n) is 6.32. The largest absolute Gasteiger partial charge is 0.326 e. The number of nitrogens with two attached hydrogens (primary N) is 1. The van der Waals surface area contributed by atoms with Gasteiger partial charge in [0.1, 0.15) is 0 Å². The van der Waals surface area contributed by atoms with Gasteiger partial charge >= 0.3 is 0 Å². The Balaban J connectivity index is 2.19. The molecule has 2 atom stereocenters. The van der Waals surface area contributed by atoms with Crippen LogP contribution in [0.25, 0.3) is 0 Å². The highest BCUT2D eigenvalue weighted by Crippen LogP contribution is 2.28. The van der Waals surface area contributed by atoms with Crippen LogP contribution in [0.2, 0.25) is 10.0 Å². The van der Waals surface area contributed by atoms with E-state index < -0.39 is 21.1 Å². The highest BCUT2D eigenvalue weighted by molar-refractivity contribution is 7.92. The first-order valence-corrected chi connectivity index (χ1v) is 8.79. The molecule has 2 rings (SSSR count). The molecule has 6 heteroatoms. The third kappa shape index (κ3) is 3.43. The Morgan fingerprint density at radius 2 is 1.89 bits per heavy atom. The van der Waals surface area contributed by atoms with Crippen molar-refractivity contribution in [3.8, 4) is 0 Å². The Morgan fingerprint density at radius 3 is 2.47 bits per heavy atom. The van der Waals surface area contributed by atoms with Gasteiger partial charge < -0.3 is 5.73 Å². The molecule has 1 aliphatic heterocycles. The van der Waals surface area contributed by atoms with Gasteiger partial charge in [0.25, 0.3) is 0 Å². The lowest BCUT2D eigenvalue weighted by Gasteiger charge is -2.28. The van der Waals surface area contributed by atoms with Crippen molar-refractivity contribution in [3.05, 3.63) is 33.8 Å². The second-order valence-corrected chi connectivity index (χ2v) is 8.12. The van der Waals surface area contributed by atoms with E-state index in [9.17, 15) is 8.42 Å². The molecule has 3 nitrogen and oxygen atoms in total. The van der Waals surface area contributed by atoms with Gasteiger partial charge in [0.15, 0.2) is 9.84 Å². The van der Waals surface area contributed by atoms with Crippen LogP contribution in [0.5, 0.6) is 0 Å². The summed E-state index contributed by atoms with van der Waals surface area (Å²) in [7, 11) is -3.08. The maximum absolute atomic E-state index is 12.0. The molecule has 1 aliphatic rings. The van der Waals surface area contributed by atoms with Crippen LogP contribution < -0.4 is 5.73 Å². The van der Waals surface area contributed by atoms with Crippen LogP contribution in [0.3, 0.4) is 0 Å². The molecule has 0 bridgehead atoms. The average Bonchev–Trinajstić information content (AvgIpc) is 2.33. The van der Waals surface area contributed by atoms with E-state index in [-0.39, 0.29) is 5.75 Å². The topological polar surface area (TPSA) is 60.2 Å². The summed E-state index contributed by atoms with van der Waals surface area (Å²) in [6.45, 7) is 0. The van der Waals surface area contributed by atoms with Crippen LogP contribution in [0.15, 0.2) is 18.2 Å². The van der Waals surface area contributed by atoms with Crippen molar-refractivity contribution < 1.29 is 8.42 Å². The summed E-state index contributed by atoms with van der Waals surface area (Å²) < 4.78 is 24.1. The van der Waals surface area contributed by atoms with Crippen molar-refractivity contribution in [1.82, 2.24) is 0 Å². The second kappa shape index (κ2) is 6.00. The molecule has 106 valence electrons. The number of rotatable bonds is 3. The molecule has 2 unspecified atom stereocenters. The minimum Gasteiger partial charge on any atom is -0.326 e. The normalized spacial score (nSPS) is 24.1. The number of hydrogen-bond donors (Lipinski definition) is 1. The quantitative estimate of drug-likeness (QED) is 0.931. The fourth-order valence-electron chi connectivity index (χ4n) is 2.55. The van der Waals surface area contributed by atoms with E-state index in [1.807, 2.05) is 0 Å². The van der Waals surface area contributed by atoms with E-state index in [0.717, 1.165) is 18.4 Å². The molecule has 0 spiro atoms. The second-order valence-electron chi connectivity index (χ2n) is 4.97. The van der Waals surface area contributed by atoms with E-state index in [0.29, 0.717) is 22.9 Å². The van der Waals surface area contributed by atoms with Gasteiger partial charge in [0, 0.05) is 16.1 Å². The van der Waals surface area contributed by atoms with Crippen molar-refractivity contribution >= 4 is 33.0 Å². The highest BCUT2D eigenvalue weighted by Gasteiger charge is 2.34. The summed E-state index contributed by atoms with van der Waals surface area (Å²) in [5.74, 6) is 0.238. The van der Waals surface area contributed by atoms with Gasteiger partial charge in [-0.25, -0.2) is 8.42 Å². The molecule has 1 aromatic carbocycles. The fraction of sp³-hybridized carbons (Fsp3) is 0.538. The monoisotopic (exact) mass is 321 g/mol. The predicted octanol–water partition coefficient (Wildman–Crippen LogP) is 2.83. The summed E-state index contributed by atoms with van der Waals surface area (Å²) in [6.07, 6.45) is 2.67. The summed E-state index contributed by atoms with van der Waals surface area (Å²) in [5, 5.41) is 0.598. The standard InChI is InChI=1S/C13H17Cl2NO2S/c14-10-4-3-5-11(15)9(10)8-12(16)13-6-1-2-7-19(13,17)18/h3-5,12-13H,1-2,6-8,16H2. The molecule has 0 amide bonds. The SMILES string of the molecule is NC(Cc1c(Cl)cccc1Cl)C1CCCCS1(=O)=O. The Labute approximate surface area is 124 Å². The van der Waals surface area contributed by atoms with Gasteiger partial charge in [0.2, 0.25) is 0 Å². The third-order valence-electron chi connectivity index (χ3n) is 3.61. The molecule has 19 heavy (non-hydrogen) atoms. The number of sulfone groups is 1. The zero-order valence-corrected chi connectivity index (χ0v) is 12.8. The maximum Gasteiger partial charge on any atom is 0.154 e. The Morgan fingerprint density at radius 1 is 1.26 bits per heavy atom. The molecular weight excluding hydrogens is 305 g/mol. The first-order chi connectivity index (χ1) is 8.92. The minimum absolute atomic E-state index is 0.238. The van der Waals surface area contributed by atoms with Crippen molar-refractivity contribution in [2.24, 2.45) is 5.73 Å². The van der Waals surface area contributed by atoms with Gasteiger partial charge in [0.05, 0.1) is 11.0 Å². The van der Waals surface area contributed by atoms with E-state index in [4.69, 9.17) is 28.9 Å². The zero-order chi connectivity index (χ0) is 14.0. The number of halogens is 2. The molecule has 0 radical (unpaired) electrons. The van der Waals surface area contributed by atoms with Gasteiger partial charge in [-0.1, -0.05) is 35.7 Å². The molecule has 1 fully saturated rings. The smallest absolute Gasteiger partial charge is 0.154 e. The predicted molar refractivity (Wildman–Crippen MR) is 79.6 cm³/mol. The summed E-state index contributed by atoms with van der Waals surface area (Å²) >= 11 is 12.2. The van der Waals surface area contributed by atoms with E-state index in [1.54, 1.807) is 18.2 Å². The Bertz CT molecular complexity index is 540. The van der Waals surface area contributed by atoms with E-state index >= 15 is 0 Å². The van der Waals surface area contributed by atoms with Gasteiger partial charge in [-0.15, -0.1) is 0 Å². The van der Waals surface area contributed by atoms with Crippen LogP contribution in [-0.4, -0.2) is 25.5 Å². The van der Waals surface area contributed by atoms with Gasteiger partial charge in [-0.2, -0.15) is 0 Å². The van der Waals surface area contributed by atoms with Crippen LogP contribution in [0, 0.1) is 0 Å². The lowest BCUT2D eigenvalue weighted by atomic mass is 10.0. The zero-order valence-electron chi connectivity index (χ0n) is 10.5. The van der Waals surface area contributed by atoms with E-state index in [2.05, 4.69) is 0 Å². The van der Waals surface area contributed by atoms with Crippen molar-refractivity contribution in [3.63, 3.8) is 0 Å². The van der Waals surface area contributed by atoms with Gasteiger partial charge in [-0.05, 0) is 37.0 Å². The van der Waals surface area contributed by atoms with Crippen LogP contribution >= 0.6 is 23.2 Å². The average molecular weight is 322 g/mol.